The maximum atomic E-state index is 14.1. The van der Waals surface area contributed by atoms with E-state index in [2.05, 4.69) is 10.3 Å². The summed E-state index contributed by atoms with van der Waals surface area (Å²) in [5, 5.41) is 3.49. The summed E-state index contributed by atoms with van der Waals surface area (Å²) in [6, 6.07) is 12.5. The molecule has 1 fully saturated rings. The summed E-state index contributed by atoms with van der Waals surface area (Å²) in [6.45, 7) is 2.06. The van der Waals surface area contributed by atoms with Crippen LogP contribution in [-0.2, 0) is 24.8 Å². The largest absolute Gasteiger partial charge is 0.350 e. The first-order chi connectivity index (χ1) is 13.9. The van der Waals surface area contributed by atoms with Gasteiger partial charge >= 0.3 is 0 Å². The molecule has 0 spiro atoms. The number of guanidine groups is 1. The van der Waals surface area contributed by atoms with Gasteiger partial charge in [0.25, 0.3) is 5.91 Å². The van der Waals surface area contributed by atoms with Crippen LogP contribution in [0.3, 0.4) is 0 Å². The Bertz CT molecular complexity index is 1110. The van der Waals surface area contributed by atoms with Gasteiger partial charge in [-0.15, -0.1) is 0 Å². The number of hydrogen-bond acceptors (Lipinski definition) is 2. The number of rotatable bonds is 4. The number of hydrogen-bond donors (Lipinski definition) is 1. The zero-order valence-electron chi connectivity index (χ0n) is 16.3. The quantitative estimate of drug-likeness (QED) is 0.729. The predicted octanol–water partition coefficient (Wildman–Crippen LogP) is 3.84. The number of alkyl halides is 1. The fraction of sp³-hybridized carbons (Fsp3) is 0.273. The molecule has 2 aromatic carbocycles. The highest BCUT2D eigenvalue weighted by atomic mass is 19.1. The van der Waals surface area contributed by atoms with Crippen LogP contribution in [0, 0.1) is 5.82 Å². The number of aromatic nitrogens is 1. The molecule has 0 saturated carbocycles. The Morgan fingerprint density at radius 3 is 2.79 bits per heavy atom. The van der Waals surface area contributed by atoms with Gasteiger partial charge in [-0.2, -0.15) is 0 Å². The van der Waals surface area contributed by atoms with E-state index in [1.54, 1.807) is 4.90 Å². The molecule has 1 aliphatic rings. The Kier molecular flexibility index (Phi) is 5.05. The van der Waals surface area contributed by atoms with E-state index in [1.165, 1.54) is 12.1 Å². The van der Waals surface area contributed by atoms with Crippen molar-refractivity contribution in [3.63, 3.8) is 0 Å². The van der Waals surface area contributed by atoms with Crippen molar-refractivity contribution in [2.45, 2.75) is 26.1 Å². The lowest BCUT2D eigenvalue weighted by atomic mass is 10.1. The second-order valence-electron chi connectivity index (χ2n) is 7.23. The molecule has 0 bridgehead atoms. The predicted molar refractivity (Wildman–Crippen MR) is 109 cm³/mol. The van der Waals surface area contributed by atoms with Gasteiger partial charge in [0.2, 0.25) is 5.96 Å². The SMILES string of the molecule is CCc1cc(F)cc(CN2CC(F)C(=O)NC2=Nc2cccc3c2ccn3C)c1. The Morgan fingerprint density at radius 1 is 1.21 bits per heavy atom. The Hall–Kier alpha value is -3.22. The van der Waals surface area contributed by atoms with Crippen molar-refractivity contribution in [2.75, 3.05) is 6.54 Å². The third-order valence-electron chi connectivity index (χ3n) is 5.13. The van der Waals surface area contributed by atoms with E-state index in [-0.39, 0.29) is 24.9 Å². The van der Waals surface area contributed by atoms with E-state index in [0.29, 0.717) is 17.7 Å². The summed E-state index contributed by atoms with van der Waals surface area (Å²) >= 11 is 0. The molecule has 1 amide bonds. The van der Waals surface area contributed by atoms with Crippen molar-refractivity contribution in [1.29, 1.82) is 0 Å². The number of halogens is 2. The van der Waals surface area contributed by atoms with Crippen molar-refractivity contribution in [2.24, 2.45) is 12.0 Å². The molecule has 150 valence electrons. The number of carbonyl (C=O) groups is 1. The average Bonchev–Trinajstić information content (AvgIpc) is 3.07. The first-order valence-corrected chi connectivity index (χ1v) is 9.55. The van der Waals surface area contributed by atoms with Gasteiger partial charge in [-0.3, -0.25) is 10.1 Å². The summed E-state index contributed by atoms with van der Waals surface area (Å²) in [6.07, 6.45) is 0.965. The minimum Gasteiger partial charge on any atom is -0.350 e. The van der Waals surface area contributed by atoms with Gasteiger partial charge in [-0.25, -0.2) is 13.8 Å². The zero-order chi connectivity index (χ0) is 20.5. The molecular weight excluding hydrogens is 374 g/mol. The van der Waals surface area contributed by atoms with Gasteiger partial charge in [0.15, 0.2) is 6.17 Å². The molecule has 1 atom stereocenters. The number of fused-ring (bicyclic) bond motifs is 1. The molecule has 1 aromatic heterocycles. The van der Waals surface area contributed by atoms with Crippen LogP contribution >= 0.6 is 0 Å². The topological polar surface area (TPSA) is 49.6 Å². The first-order valence-electron chi connectivity index (χ1n) is 9.55. The summed E-state index contributed by atoms with van der Waals surface area (Å²) in [7, 11) is 1.94. The number of nitrogens with zero attached hydrogens (tertiary/aromatic N) is 3. The summed E-state index contributed by atoms with van der Waals surface area (Å²) < 4.78 is 30.0. The van der Waals surface area contributed by atoms with Crippen LogP contribution in [-0.4, -0.2) is 34.1 Å². The summed E-state index contributed by atoms with van der Waals surface area (Å²) in [5.41, 5.74) is 3.25. The highest BCUT2D eigenvalue weighted by Gasteiger charge is 2.31. The number of aliphatic imine (C=N–C) groups is 1. The van der Waals surface area contributed by atoms with E-state index in [0.717, 1.165) is 16.5 Å². The second kappa shape index (κ2) is 7.66. The van der Waals surface area contributed by atoms with Crippen molar-refractivity contribution in [3.8, 4) is 0 Å². The standard InChI is InChI=1S/C22H22F2N4O/c1-3-14-9-15(11-16(23)10-14)12-28-13-18(24)21(29)26-22(28)25-19-5-4-6-20-17(19)7-8-27(20)2/h4-11,18H,3,12-13H2,1-2H3,(H,25,26,29). The third kappa shape index (κ3) is 3.85. The maximum absolute atomic E-state index is 14.1. The summed E-state index contributed by atoms with van der Waals surface area (Å²) in [4.78, 5) is 18.2. The molecule has 5 nitrogen and oxygen atoms in total. The maximum Gasteiger partial charge on any atom is 0.263 e. The van der Waals surface area contributed by atoms with Crippen molar-refractivity contribution in [1.82, 2.24) is 14.8 Å². The van der Waals surface area contributed by atoms with Crippen LogP contribution in [0.5, 0.6) is 0 Å². The van der Waals surface area contributed by atoms with E-state index in [9.17, 15) is 13.6 Å². The number of carbonyl (C=O) groups excluding carboxylic acids is 1. The van der Waals surface area contributed by atoms with E-state index in [1.807, 2.05) is 55.1 Å². The van der Waals surface area contributed by atoms with Crippen LogP contribution in [0.15, 0.2) is 53.7 Å². The van der Waals surface area contributed by atoms with Gasteiger partial charge in [0, 0.05) is 30.7 Å². The average molecular weight is 396 g/mol. The fourth-order valence-electron chi connectivity index (χ4n) is 3.60. The van der Waals surface area contributed by atoms with Gasteiger partial charge in [-0.1, -0.05) is 19.1 Å². The molecule has 1 aliphatic heterocycles. The highest BCUT2D eigenvalue weighted by Crippen LogP contribution is 2.27. The van der Waals surface area contributed by atoms with Gasteiger partial charge in [-0.05, 0) is 47.9 Å². The molecule has 7 heteroatoms. The Balaban J connectivity index is 1.71. The van der Waals surface area contributed by atoms with Crippen LogP contribution in [0.2, 0.25) is 0 Å². The minimum atomic E-state index is -1.67. The van der Waals surface area contributed by atoms with Crippen molar-refractivity contribution >= 4 is 28.5 Å². The lowest BCUT2D eigenvalue weighted by Gasteiger charge is -2.32. The number of aryl methyl sites for hydroxylation is 2. The zero-order valence-corrected chi connectivity index (χ0v) is 16.3. The normalized spacial score (nSPS) is 18.5. The number of amides is 1. The Morgan fingerprint density at radius 2 is 2.00 bits per heavy atom. The van der Waals surface area contributed by atoms with Gasteiger partial charge in [0.05, 0.1) is 12.2 Å². The molecule has 1 unspecified atom stereocenters. The molecule has 29 heavy (non-hydrogen) atoms. The van der Waals surface area contributed by atoms with Crippen molar-refractivity contribution in [3.05, 3.63) is 65.6 Å². The van der Waals surface area contributed by atoms with E-state index in [4.69, 9.17) is 0 Å². The van der Waals surface area contributed by atoms with Crippen LogP contribution in [0.4, 0.5) is 14.5 Å². The lowest BCUT2D eigenvalue weighted by Crippen LogP contribution is -2.55. The molecular formula is C22H22F2N4O. The molecule has 1 N–H and O–H groups in total. The third-order valence-corrected chi connectivity index (χ3v) is 5.13. The fourth-order valence-corrected chi connectivity index (χ4v) is 3.60. The molecule has 1 saturated heterocycles. The van der Waals surface area contributed by atoms with Gasteiger partial charge < -0.3 is 9.47 Å². The first kappa shape index (κ1) is 19.1. The smallest absolute Gasteiger partial charge is 0.263 e. The number of nitrogens with one attached hydrogen (secondary N) is 1. The number of benzene rings is 2. The summed E-state index contributed by atoms with van der Waals surface area (Å²) in [5.74, 6) is -0.777. The second-order valence-corrected chi connectivity index (χ2v) is 7.23. The molecule has 0 radical (unpaired) electrons. The van der Waals surface area contributed by atoms with Gasteiger partial charge in [0.1, 0.15) is 5.82 Å². The van der Waals surface area contributed by atoms with Crippen LogP contribution in [0.1, 0.15) is 18.1 Å². The monoisotopic (exact) mass is 396 g/mol. The van der Waals surface area contributed by atoms with E-state index >= 15 is 0 Å². The van der Waals surface area contributed by atoms with Crippen LogP contribution in [0.25, 0.3) is 10.9 Å². The Labute approximate surface area is 167 Å². The van der Waals surface area contributed by atoms with E-state index < -0.39 is 12.1 Å². The molecule has 2 heterocycles. The molecule has 0 aliphatic carbocycles. The highest BCUT2D eigenvalue weighted by molar-refractivity contribution is 6.04. The molecule has 3 aromatic rings. The molecule has 4 rings (SSSR count). The lowest BCUT2D eigenvalue weighted by molar-refractivity contribution is -0.126. The van der Waals surface area contributed by atoms with Crippen molar-refractivity contribution < 1.29 is 13.6 Å². The van der Waals surface area contributed by atoms with Crippen LogP contribution < -0.4 is 5.32 Å². The minimum absolute atomic E-state index is 0.132.